The molecule has 0 spiro atoms. The Morgan fingerprint density at radius 2 is 1.81 bits per heavy atom. The van der Waals surface area contributed by atoms with Crippen molar-refractivity contribution in [1.82, 2.24) is 9.88 Å². The molecule has 32 heavy (non-hydrogen) atoms. The third-order valence-corrected chi connectivity index (χ3v) is 6.65. The molecule has 2 N–H and O–H groups in total. The summed E-state index contributed by atoms with van der Waals surface area (Å²) in [4.78, 5) is 11.8. The number of oxime groups is 1. The first-order valence-electron chi connectivity index (χ1n) is 11.3. The first-order valence-corrected chi connectivity index (χ1v) is 11.3. The van der Waals surface area contributed by atoms with Gasteiger partial charge in [0.2, 0.25) is 5.56 Å². The van der Waals surface area contributed by atoms with E-state index in [0.717, 1.165) is 18.7 Å². The summed E-state index contributed by atoms with van der Waals surface area (Å²) < 4.78 is 1.51. The molecule has 0 aliphatic carbocycles. The quantitative estimate of drug-likeness (QED) is 0.343. The van der Waals surface area contributed by atoms with E-state index in [1.165, 1.54) is 45.7 Å². The van der Waals surface area contributed by atoms with Gasteiger partial charge < -0.3 is 15.1 Å². The van der Waals surface area contributed by atoms with Gasteiger partial charge in [-0.2, -0.15) is 0 Å². The maximum absolute atomic E-state index is 11.8. The molecule has 0 radical (unpaired) electrons. The molecule has 1 fully saturated rings. The van der Waals surface area contributed by atoms with Crippen LogP contribution in [0.3, 0.4) is 0 Å². The lowest BCUT2D eigenvalue weighted by Crippen LogP contribution is -2.26. The fourth-order valence-corrected chi connectivity index (χ4v) is 4.72. The second-order valence-corrected chi connectivity index (χ2v) is 8.72. The molecule has 2 heterocycles. The topological polar surface area (TPSA) is 66.6 Å². The van der Waals surface area contributed by atoms with Gasteiger partial charge in [0.15, 0.2) is 0 Å². The van der Waals surface area contributed by atoms with Gasteiger partial charge in [-0.15, -0.1) is 0 Å². The molecule has 5 nitrogen and oxygen atoms in total. The lowest BCUT2D eigenvalue weighted by molar-refractivity contribution is 0.317. The Morgan fingerprint density at radius 1 is 1.09 bits per heavy atom. The van der Waals surface area contributed by atoms with Crippen molar-refractivity contribution >= 4 is 5.71 Å². The van der Waals surface area contributed by atoms with Crippen molar-refractivity contribution in [2.24, 2.45) is 12.2 Å². The summed E-state index contributed by atoms with van der Waals surface area (Å²) in [6, 6.07) is 20.6. The van der Waals surface area contributed by atoms with Gasteiger partial charge in [-0.25, -0.2) is 0 Å². The van der Waals surface area contributed by atoms with Crippen LogP contribution in [0.15, 0.2) is 76.8 Å². The van der Waals surface area contributed by atoms with E-state index in [9.17, 15) is 10.0 Å². The Morgan fingerprint density at radius 3 is 2.47 bits per heavy atom. The van der Waals surface area contributed by atoms with Crippen molar-refractivity contribution in [2.75, 3.05) is 13.1 Å². The van der Waals surface area contributed by atoms with E-state index in [1.807, 2.05) is 6.07 Å². The van der Waals surface area contributed by atoms with Gasteiger partial charge in [-0.1, -0.05) is 53.7 Å². The summed E-state index contributed by atoms with van der Waals surface area (Å²) in [5.74, 6) is 0.656. The standard InChI is InChI=1S/C27H31N3O2/c1-19-5-3-4-6-24(19)25(17-26(29-32)23-11-12-27(31)30(2)18-23)22-9-7-20(8-10-22)21-13-15-28-16-14-21/h3-12,18,21,25,28,32H,13-17H2,1-2H3/b29-26-/t25-/m1/s1. The molecule has 0 amide bonds. The van der Waals surface area contributed by atoms with Crippen LogP contribution >= 0.6 is 0 Å². The molecule has 1 aliphatic heterocycles. The number of pyridine rings is 1. The second kappa shape index (κ2) is 9.96. The number of rotatable bonds is 6. The van der Waals surface area contributed by atoms with Crippen LogP contribution in [0.1, 0.15) is 58.9 Å². The summed E-state index contributed by atoms with van der Waals surface area (Å²) >= 11 is 0. The van der Waals surface area contributed by atoms with Crippen molar-refractivity contribution in [3.8, 4) is 0 Å². The highest BCUT2D eigenvalue weighted by Crippen LogP contribution is 2.33. The van der Waals surface area contributed by atoms with Crippen LogP contribution in [-0.2, 0) is 7.05 Å². The van der Waals surface area contributed by atoms with E-state index in [2.05, 4.69) is 59.9 Å². The van der Waals surface area contributed by atoms with Crippen molar-refractivity contribution in [1.29, 1.82) is 0 Å². The van der Waals surface area contributed by atoms with Crippen LogP contribution in [0.5, 0.6) is 0 Å². The average Bonchev–Trinajstić information content (AvgIpc) is 2.83. The molecule has 5 heteroatoms. The molecule has 4 rings (SSSR count). The van der Waals surface area contributed by atoms with Crippen LogP contribution in [0.25, 0.3) is 0 Å². The maximum atomic E-state index is 11.8. The third kappa shape index (κ3) is 4.83. The minimum Gasteiger partial charge on any atom is -0.411 e. The van der Waals surface area contributed by atoms with E-state index in [0.29, 0.717) is 18.1 Å². The zero-order valence-corrected chi connectivity index (χ0v) is 18.8. The second-order valence-electron chi connectivity index (χ2n) is 8.72. The van der Waals surface area contributed by atoms with Gasteiger partial charge in [0.05, 0.1) is 5.71 Å². The zero-order chi connectivity index (χ0) is 22.5. The molecule has 0 bridgehead atoms. The SMILES string of the molecule is Cc1ccccc1[C@H](C/C(=N/O)c1ccc(=O)n(C)c1)c1ccc(C2CCNCC2)cc1. The Balaban J connectivity index is 1.68. The summed E-state index contributed by atoms with van der Waals surface area (Å²) in [6.45, 7) is 4.27. The molecular weight excluding hydrogens is 398 g/mol. The van der Waals surface area contributed by atoms with Gasteiger partial charge in [0.1, 0.15) is 0 Å². The molecule has 1 saturated heterocycles. The van der Waals surface area contributed by atoms with Crippen LogP contribution in [0.2, 0.25) is 0 Å². The number of aryl methyl sites for hydroxylation is 2. The van der Waals surface area contributed by atoms with Crippen LogP contribution in [0, 0.1) is 6.92 Å². The summed E-state index contributed by atoms with van der Waals surface area (Å²) in [5.41, 5.74) is 6.24. The number of aromatic nitrogens is 1. The number of nitrogens with zero attached hydrogens (tertiary/aromatic N) is 2. The Hall–Kier alpha value is -3.18. The average molecular weight is 430 g/mol. The number of piperidine rings is 1. The van der Waals surface area contributed by atoms with Crippen LogP contribution in [-0.4, -0.2) is 28.6 Å². The van der Waals surface area contributed by atoms with Crippen molar-refractivity contribution in [3.63, 3.8) is 0 Å². The highest BCUT2D eigenvalue weighted by molar-refractivity contribution is 6.00. The third-order valence-electron chi connectivity index (χ3n) is 6.65. The minimum atomic E-state index is -0.0880. The lowest BCUT2D eigenvalue weighted by Gasteiger charge is -2.25. The Bertz CT molecular complexity index is 1140. The molecule has 1 aromatic heterocycles. The number of benzene rings is 2. The van der Waals surface area contributed by atoms with Crippen LogP contribution in [0.4, 0.5) is 0 Å². The lowest BCUT2D eigenvalue weighted by atomic mass is 9.82. The fraction of sp³-hybridized carbons (Fsp3) is 0.333. The Kier molecular flexibility index (Phi) is 6.86. The van der Waals surface area contributed by atoms with Crippen LogP contribution < -0.4 is 10.9 Å². The monoisotopic (exact) mass is 429 g/mol. The molecule has 0 unspecified atom stereocenters. The Labute approximate surface area is 189 Å². The fourth-order valence-electron chi connectivity index (χ4n) is 4.72. The predicted molar refractivity (Wildman–Crippen MR) is 129 cm³/mol. The smallest absolute Gasteiger partial charge is 0.250 e. The van der Waals surface area contributed by atoms with Gasteiger partial charge in [-0.05, 0) is 67.1 Å². The molecule has 1 aliphatic rings. The van der Waals surface area contributed by atoms with E-state index in [-0.39, 0.29) is 11.5 Å². The molecule has 2 aromatic carbocycles. The molecule has 0 saturated carbocycles. The normalized spacial score (nSPS) is 16.1. The maximum Gasteiger partial charge on any atom is 0.250 e. The molecule has 166 valence electrons. The number of hydrogen-bond donors (Lipinski definition) is 2. The van der Waals surface area contributed by atoms with Gasteiger partial charge in [0.25, 0.3) is 0 Å². The highest BCUT2D eigenvalue weighted by Gasteiger charge is 2.22. The highest BCUT2D eigenvalue weighted by atomic mass is 16.4. The minimum absolute atomic E-state index is 0.0430. The van der Waals surface area contributed by atoms with Gasteiger partial charge >= 0.3 is 0 Å². The summed E-state index contributed by atoms with van der Waals surface area (Å²) in [7, 11) is 1.71. The first kappa shape index (κ1) is 22.0. The van der Waals surface area contributed by atoms with Gasteiger partial charge in [-0.3, -0.25) is 4.79 Å². The van der Waals surface area contributed by atoms with Crippen molar-refractivity contribution in [2.45, 2.75) is 38.0 Å². The van der Waals surface area contributed by atoms with E-state index < -0.39 is 0 Å². The summed E-state index contributed by atoms with van der Waals surface area (Å²) in [5, 5.41) is 16.9. The molecular formula is C27H31N3O2. The predicted octanol–water partition coefficient (Wildman–Crippen LogP) is 4.56. The van der Waals surface area contributed by atoms with E-state index in [4.69, 9.17) is 0 Å². The van der Waals surface area contributed by atoms with Gasteiger partial charge in [0, 0.05) is 37.2 Å². The number of hydrogen-bond acceptors (Lipinski definition) is 4. The van der Waals surface area contributed by atoms with E-state index >= 15 is 0 Å². The van der Waals surface area contributed by atoms with Crippen molar-refractivity contribution in [3.05, 3.63) is 105 Å². The summed E-state index contributed by atoms with van der Waals surface area (Å²) in [6.07, 6.45) is 4.61. The van der Waals surface area contributed by atoms with Crippen molar-refractivity contribution < 1.29 is 5.21 Å². The largest absolute Gasteiger partial charge is 0.411 e. The zero-order valence-electron chi connectivity index (χ0n) is 18.8. The van der Waals surface area contributed by atoms with E-state index in [1.54, 1.807) is 19.3 Å². The molecule has 1 atom stereocenters. The number of nitrogens with one attached hydrogen (secondary N) is 1. The first-order chi connectivity index (χ1) is 15.6. The molecule has 3 aromatic rings.